The number of rotatable bonds is 2. The quantitative estimate of drug-likeness (QED) is 0.550. The van der Waals surface area contributed by atoms with Gasteiger partial charge in [-0.1, -0.05) is 0 Å². The number of nitrogens with zero attached hydrogens (tertiary/aromatic N) is 1. The molecule has 0 bridgehead atoms. The molecule has 0 N–H and O–H groups in total. The zero-order valence-corrected chi connectivity index (χ0v) is 11.5. The third-order valence-corrected chi connectivity index (χ3v) is 8.10. The van der Waals surface area contributed by atoms with Gasteiger partial charge in [0.25, 0.3) is 0 Å². The molecule has 0 aromatic rings. The molecule has 0 heterocycles. The van der Waals surface area contributed by atoms with Crippen LogP contribution in [0.5, 0.6) is 0 Å². The number of halogens is 4. The van der Waals surface area contributed by atoms with E-state index < -0.39 is 15.2 Å². The summed E-state index contributed by atoms with van der Waals surface area (Å²) in [5.41, 5.74) is -0.143. The van der Waals surface area contributed by atoms with Crippen LogP contribution in [0.1, 0.15) is 20.8 Å². The van der Waals surface area contributed by atoms with Gasteiger partial charge >= 0.3 is 15.2 Å². The highest BCUT2D eigenvalue weighted by atomic mass is 35.7. The van der Waals surface area contributed by atoms with Crippen molar-refractivity contribution in [2.75, 3.05) is 0 Å². The Bertz CT molecular complexity index is 116. The molecule has 0 saturated heterocycles. The number of hydrogen-bond acceptors (Lipinski definition) is 1. The Kier molecular flexibility index (Phi) is 5.36. The second-order valence-electron chi connectivity index (χ2n) is 2.99. The SMILES string of the molecule is CC(C)(C)N([Si](Cl)Cl)[Si](Cl)Cl. The standard InChI is InChI=1S/C4H9Cl4NSi2/c1-4(2,3)9(10(5)6)11(7)8/h1-3H3. The fraction of sp³-hybridized carbons (Fsp3) is 1.00. The van der Waals surface area contributed by atoms with Crippen LogP contribution in [0.4, 0.5) is 0 Å². The van der Waals surface area contributed by atoms with Gasteiger partial charge in [-0.2, -0.15) is 0 Å². The van der Waals surface area contributed by atoms with E-state index in [1.54, 1.807) is 4.23 Å². The van der Waals surface area contributed by atoms with Gasteiger partial charge in [-0.15, -0.1) is 44.3 Å². The lowest BCUT2D eigenvalue weighted by Gasteiger charge is -2.35. The van der Waals surface area contributed by atoms with Crippen molar-refractivity contribution in [2.45, 2.75) is 26.3 Å². The second-order valence-corrected chi connectivity index (χ2v) is 10.7. The van der Waals surface area contributed by atoms with Crippen LogP contribution in [0, 0.1) is 0 Å². The summed E-state index contributed by atoms with van der Waals surface area (Å²) >= 11 is 23.1. The Balaban J connectivity index is 4.35. The molecule has 0 saturated carbocycles. The molecule has 0 fully saturated rings. The predicted molar refractivity (Wildman–Crippen MR) is 56.5 cm³/mol. The van der Waals surface area contributed by atoms with Crippen molar-refractivity contribution >= 4 is 59.5 Å². The van der Waals surface area contributed by atoms with Crippen molar-refractivity contribution in [3.05, 3.63) is 0 Å². The normalized spacial score (nSPS) is 13.6. The molecule has 0 unspecified atom stereocenters. The molecule has 2 radical (unpaired) electrons. The van der Waals surface area contributed by atoms with Crippen LogP contribution in [-0.4, -0.2) is 24.9 Å². The fourth-order valence-electron chi connectivity index (χ4n) is 0.571. The Morgan fingerprint density at radius 1 is 0.909 bits per heavy atom. The second kappa shape index (κ2) is 4.70. The lowest BCUT2D eigenvalue weighted by Crippen LogP contribution is -2.51. The van der Waals surface area contributed by atoms with Crippen LogP contribution in [-0.2, 0) is 0 Å². The average Bonchev–Trinajstić information content (AvgIpc) is 1.54. The van der Waals surface area contributed by atoms with Gasteiger partial charge in [-0.3, -0.25) is 4.23 Å². The Morgan fingerprint density at radius 3 is 1.18 bits per heavy atom. The van der Waals surface area contributed by atoms with Crippen molar-refractivity contribution in [3.8, 4) is 0 Å². The van der Waals surface area contributed by atoms with Gasteiger partial charge in [0.15, 0.2) is 0 Å². The molecule has 66 valence electrons. The summed E-state index contributed by atoms with van der Waals surface area (Å²) in [4.78, 5) is 0. The predicted octanol–water partition coefficient (Wildman–Crippen LogP) is 3.01. The Labute approximate surface area is 89.7 Å². The lowest BCUT2D eigenvalue weighted by atomic mass is 10.1. The molecule has 0 aliphatic heterocycles. The Hall–Kier alpha value is 1.55. The maximum atomic E-state index is 5.77. The van der Waals surface area contributed by atoms with Crippen LogP contribution >= 0.6 is 44.3 Å². The van der Waals surface area contributed by atoms with E-state index in [0.717, 1.165) is 0 Å². The summed E-state index contributed by atoms with van der Waals surface area (Å²) in [6.07, 6.45) is 0. The minimum Gasteiger partial charge on any atom is -0.292 e. The van der Waals surface area contributed by atoms with Crippen LogP contribution < -0.4 is 0 Å². The molecular weight excluding hydrogens is 260 g/mol. The monoisotopic (exact) mass is 267 g/mol. The van der Waals surface area contributed by atoms with Crippen LogP contribution in [0.15, 0.2) is 0 Å². The van der Waals surface area contributed by atoms with E-state index in [4.69, 9.17) is 44.3 Å². The van der Waals surface area contributed by atoms with Crippen LogP contribution in [0.25, 0.3) is 0 Å². The molecular formula is C4H9Cl4NSi2. The Morgan fingerprint density at radius 2 is 1.18 bits per heavy atom. The molecule has 7 heteroatoms. The first-order valence-corrected chi connectivity index (χ1v) is 9.87. The molecule has 0 spiro atoms. The third kappa shape index (κ3) is 4.36. The summed E-state index contributed by atoms with van der Waals surface area (Å²) in [7, 11) is -3.14. The van der Waals surface area contributed by atoms with Gasteiger partial charge < -0.3 is 0 Å². The summed E-state index contributed by atoms with van der Waals surface area (Å²) in [5.74, 6) is 0. The van der Waals surface area contributed by atoms with Gasteiger partial charge in [0.1, 0.15) is 0 Å². The highest BCUT2D eigenvalue weighted by Gasteiger charge is 2.35. The van der Waals surface area contributed by atoms with Crippen LogP contribution in [0.3, 0.4) is 0 Å². The maximum absolute atomic E-state index is 5.77. The molecule has 0 atom stereocenters. The average molecular weight is 269 g/mol. The lowest BCUT2D eigenvalue weighted by molar-refractivity contribution is 0.379. The first kappa shape index (κ1) is 12.6. The minimum absolute atomic E-state index is 0.143. The molecule has 1 nitrogen and oxygen atoms in total. The molecule has 0 aliphatic rings. The molecule has 11 heavy (non-hydrogen) atoms. The summed E-state index contributed by atoms with van der Waals surface area (Å²) in [6, 6.07) is 0. The summed E-state index contributed by atoms with van der Waals surface area (Å²) < 4.78 is 1.79. The van der Waals surface area contributed by atoms with E-state index in [1.807, 2.05) is 20.8 Å². The highest BCUT2D eigenvalue weighted by Crippen LogP contribution is 2.23. The van der Waals surface area contributed by atoms with Gasteiger partial charge in [-0.05, 0) is 20.8 Å². The van der Waals surface area contributed by atoms with Gasteiger partial charge in [0.05, 0.1) is 0 Å². The summed E-state index contributed by atoms with van der Waals surface area (Å²) in [5, 5.41) is 0. The molecule has 0 rings (SSSR count). The van der Waals surface area contributed by atoms with Gasteiger partial charge in [0.2, 0.25) is 0 Å². The van der Waals surface area contributed by atoms with Crippen molar-refractivity contribution in [1.82, 2.24) is 4.23 Å². The van der Waals surface area contributed by atoms with Crippen molar-refractivity contribution < 1.29 is 0 Å². The third-order valence-electron chi connectivity index (χ3n) is 1.01. The molecule has 0 aromatic heterocycles. The molecule has 0 aliphatic carbocycles. The van der Waals surface area contributed by atoms with Gasteiger partial charge in [-0.25, -0.2) is 0 Å². The van der Waals surface area contributed by atoms with E-state index >= 15 is 0 Å². The highest BCUT2D eigenvalue weighted by molar-refractivity contribution is 7.42. The van der Waals surface area contributed by atoms with E-state index in [2.05, 4.69) is 0 Å². The van der Waals surface area contributed by atoms with Gasteiger partial charge in [0, 0.05) is 5.54 Å². The van der Waals surface area contributed by atoms with Crippen molar-refractivity contribution in [3.63, 3.8) is 0 Å². The van der Waals surface area contributed by atoms with E-state index in [1.165, 1.54) is 0 Å². The van der Waals surface area contributed by atoms with E-state index in [9.17, 15) is 0 Å². The summed E-state index contributed by atoms with van der Waals surface area (Å²) in [6.45, 7) is 5.95. The largest absolute Gasteiger partial charge is 0.355 e. The zero-order valence-electron chi connectivity index (χ0n) is 6.46. The zero-order chi connectivity index (χ0) is 9.23. The maximum Gasteiger partial charge on any atom is 0.355 e. The first-order chi connectivity index (χ1) is 4.76. The van der Waals surface area contributed by atoms with Crippen LogP contribution in [0.2, 0.25) is 0 Å². The van der Waals surface area contributed by atoms with Crippen molar-refractivity contribution in [1.29, 1.82) is 0 Å². The smallest absolute Gasteiger partial charge is 0.292 e. The fourth-order valence-corrected chi connectivity index (χ4v) is 9.74. The van der Waals surface area contributed by atoms with E-state index in [-0.39, 0.29) is 5.54 Å². The minimum atomic E-state index is -1.57. The van der Waals surface area contributed by atoms with E-state index in [0.29, 0.717) is 0 Å². The van der Waals surface area contributed by atoms with Crippen molar-refractivity contribution in [2.24, 2.45) is 0 Å². The molecule has 0 amide bonds. The topological polar surface area (TPSA) is 3.24 Å². The number of hydrogen-bond donors (Lipinski definition) is 0. The first-order valence-electron chi connectivity index (χ1n) is 2.93. The molecule has 0 aromatic carbocycles.